The van der Waals surface area contributed by atoms with Gasteiger partial charge in [-0.1, -0.05) is 11.6 Å². The van der Waals surface area contributed by atoms with Gasteiger partial charge in [-0.25, -0.2) is 4.98 Å². The van der Waals surface area contributed by atoms with Crippen molar-refractivity contribution in [1.29, 1.82) is 0 Å². The fourth-order valence-corrected chi connectivity index (χ4v) is 1.73. The predicted molar refractivity (Wildman–Crippen MR) is 75.0 cm³/mol. The molecule has 0 spiro atoms. The van der Waals surface area contributed by atoms with Gasteiger partial charge in [0.15, 0.2) is 0 Å². The van der Waals surface area contributed by atoms with Crippen molar-refractivity contribution in [2.45, 2.75) is 0 Å². The number of hydrogen-bond donors (Lipinski definition) is 0. The molecule has 1 heterocycles. The standard InChI is InChI=1S/C14H13ClN2O2/c1-17(11-4-6-12(19-2)7-5-11)14(18)10-3-8-13(15)16-9-10/h3-9H,1-2H3. The van der Waals surface area contributed by atoms with E-state index in [1.165, 1.54) is 6.20 Å². The Morgan fingerprint density at radius 2 is 1.89 bits per heavy atom. The van der Waals surface area contributed by atoms with Crippen LogP contribution in [0.25, 0.3) is 0 Å². The molecular formula is C14H13ClN2O2. The molecule has 1 aromatic heterocycles. The summed E-state index contributed by atoms with van der Waals surface area (Å²) >= 11 is 5.70. The number of aromatic nitrogens is 1. The Balaban J connectivity index is 2.20. The lowest BCUT2D eigenvalue weighted by atomic mass is 10.2. The van der Waals surface area contributed by atoms with Crippen molar-refractivity contribution in [3.05, 3.63) is 53.3 Å². The van der Waals surface area contributed by atoms with Crippen molar-refractivity contribution in [3.63, 3.8) is 0 Å². The Morgan fingerprint density at radius 1 is 1.21 bits per heavy atom. The summed E-state index contributed by atoms with van der Waals surface area (Å²) in [5.41, 5.74) is 1.27. The number of carbonyl (C=O) groups excluding carboxylic acids is 1. The number of halogens is 1. The van der Waals surface area contributed by atoms with Gasteiger partial charge in [0.1, 0.15) is 10.9 Å². The first-order valence-electron chi connectivity index (χ1n) is 5.65. The number of ether oxygens (including phenoxy) is 1. The largest absolute Gasteiger partial charge is 0.497 e. The van der Waals surface area contributed by atoms with Gasteiger partial charge in [0.05, 0.1) is 12.7 Å². The third-order valence-corrected chi connectivity index (χ3v) is 2.96. The average molecular weight is 277 g/mol. The molecule has 0 fully saturated rings. The molecule has 0 atom stereocenters. The predicted octanol–water partition coefficient (Wildman–Crippen LogP) is 3.02. The molecule has 0 saturated carbocycles. The molecule has 0 N–H and O–H groups in total. The molecule has 4 nitrogen and oxygen atoms in total. The van der Waals surface area contributed by atoms with E-state index in [0.717, 1.165) is 11.4 Å². The van der Waals surface area contributed by atoms with Crippen LogP contribution in [-0.4, -0.2) is 25.0 Å². The number of amides is 1. The van der Waals surface area contributed by atoms with Crippen molar-refractivity contribution in [3.8, 4) is 5.75 Å². The first-order chi connectivity index (χ1) is 9.11. The van der Waals surface area contributed by atoms with Crippen LogP contribution in [0.15, 0.2) is 42.6 Å². The third-order valence-electron chi connectivity index (χ3n) is 2.74. The highest BCUT2D eigenvalue weighted by Gasteiger charge is 2.13. The summed E-state index contributed by atoms with van der Waals surface area (Å²) in [5.74, 6) is 0.604. The highest BCUT2D eigenvalue weighted by atomic mass is 35.5. The van der Waals surface area contributed by atoms with Crippen molar-refractivity contribution in [2.75, 3.05) is 19.1 Å². The summed E-state index contributed by atoms with van der Waals surface area (Å²) in [7, 11) is 3.31. The third kappa shape index (κ3) is 3.03. The van der Waals surface area contributed by atoms with Gasteiger partial charge in [0.2, 0.25) is 0 Å². The molecule has 0 saturated heterocycles. The van der Waals surface area contributed by atoms with E-state index in [0.29, 0.717) is 10.7 Å². The van der Waals surface area contributed by atoms with Gasteiger partial charge >= 0.3 is 0 Å². The number of anilines is 1. The number of pyridine rings is 1. The number of hydrogen-bond acceptors (Lipinski definition) is 3. The summed E-state index contributed by atoms with van der Waals surface area (Å²) in [6, 6.07) is 10.5. The number of benzene rings is 1. The lowest BCUT2D eigenvalue weighted by Crippen LogP contribution is -2.26. The molecule has 19 heavy (non-hydrogen) atoms. The second-order valence-corrected chi connectivity index (χ2v) is 4.32. The van der Waals surface area contributed by atoms with E-state index in [2.05, 4.69) is 4.98 Å². The van der Waals surface area contributed by atoms with Crippen LogP contribution in [0.5, 0.6) is 5.75 Å². The summed E-state index contributed by atoms with van der Waals surface area (Å²) in [5, 5.41) is 0.364. The quantitative estimate of drug-likeness (QED) is 0.809. The Kier molecular flexibility index (Phi) is 4.02. The van der Waals surface area contributed by atoms with Gasteiger partial charge in [-0.2, -0.15) is 0 Å². The molecule has 0 bridgehead atoms. The molecule has 0 unspecified atom stereocenters. The fourth-order valence-electron chi connectivity index (χ4n) is 1.62. The highest BCUT2D eigenvalue weighted by molar-refractivity contribution is 6.29. The van der Waals surface area contributed by atoms with Gasteiger partial charge in [0.25, 0.3) is 5.91 Å². The van der Waals surface area contributed by atoms with E-state index in [1.807, 2.05) is 12.1 Å². The monoisotopic (exact) mass is 276 g/mol. The van der Waals surface area contributed by atoms with Gasteiger partial charge in [-0.15, -0.1) is 0 Å². The zero-order valence-corrected chi connectivity index (χ0v) is 11.4. The lowest BCUT2D eigenvalue weighted by Gasteiger charge is -2.17. The van der Waals surface area contributed by atoms with Gasteiger partial charge in [-0.05, 0) is 36.4 Å². The summed E-state index contributed by atoms with van der Waals surface area (Å²) < 4.78 is 5.08. The molecule has 2 rings (SSSR count). The van der Waals surface area contributed by atoms with E-state index < -0.39 is 0 Å². The van der Waals surface area contributed by atoms with Crippen LogP contribution < -0.4 is 9.64 Å². The zero-order chi connectivity index (χ0) is 13.8. The summed E-state index contributed by atoms with van der Waals surface area (Å²) in [6.07, 6.45) is 1.46. The van der Waals surface area contributed by atoms with Crippen LogP contribution in [0, 0.1) is 0 Å². The van der Waals surface area contributed by atoms with Crippen molar-refractivity contribution in [2.24, 2.45) is 0 Å². The van der Waals surface area contributed by atoms with E-state index >= 15 is 0 Å². The smallest absolute Gasteiger partial charge is 0.259 e. The van der Waals surface area contributed by atoms with Gasteiger partial charge in [-0.3, -0.25) is 4.79 Å². The number of carbonyl (C=O) groups is 1. The highest BCUT2D eigenvalue weighted by Crippen LogP contribution is 2.19. The Bertz CT molecular complexity index is 567. The van der Waals surface area contributed by atoms with E-state index in [1.54, 1.807) is 43.3 Å². The van der Waals surface area contributed by atoms with Crippen molar-refractivity contribution >= 4 is 23.2 Å². The second-order valence-electron chi connectivity index (χ2n) is 3.93. The summed E-state index contributed by atoms with van der Waals surface area (Å²) in [6.45, 7) is 0. The average Bonchev–Trinajstić information content (AvgIpc) is 2.46. The lowest BCUT2D eigenvalue weighted by molar-refractivity contribution is 0.0992. The SMILES string of the molecule is COc1ccc(N(C)C(=O)c2ccc(Cl)nc2)cc1. The molecule has 98 valence electrons. The fraction of sp³-hybridized carbons (Fsp3) is 0.143. The van der Waals surface area contributed by atoms with Crippen LogP contribution in [-0.2, 0) is 0 Å². The molecule has 2 aromatic rings. The van der Waals surface area contributed by atoms with Crippen LogP contribution in [0.1, 0.15) is 10.4 Å². The second kappa shape index (κ2) is 5.71. The normalized spacial score (nSPS) is 10.1. The maximum Gasteiger partial charge on any atom is 0.259 e. The molecule has 0 aliphatic rings. The van der Waals surface area contributed by atoms with Crippen molar-refractivity contribution in [1.82, 2.24) is 4.98 Å². The van der Waals surface area contributed by atoms with Crippen LogP contribution in [0.3, 0.4) is 0 Å². The molecule has 0 aliphatic carbocycles. The maximum atomic E-state index is 12.2. The van der Waals surface area contributed by atoms with E-state index in [9.17, 15) is 4.79 Å². The Hall–Kier alpha value is -2.07. The molecule has 5 heteroatoms. The first-order valence-corrected chi connectivity index (χ1v) is 6.03. The number of nitrogens with zero attached hydrogens (tertiary/aromatic N) is 2. The molecule has 1 amide bonds. The van der Waals surface area contributed by atoms with Crippen LogP contribution in [0.4, 0.5) is 5.69 Å². The maximum absolute atomic E-state index is 12.2. The van der Waals surface area contributed by atoms with E-state index in [4.69, 9.17) is 16.3 Å². The minimum atomic E-state index is -0.144. The minimum Gasteiger partial charge on any atom is -0.497 e. The molecular weight excluding hydrogens is 264 g/mol. The Labute approximate surface area is 116 Å². The summed E-state index contributed by atoms with van der Waals surface area (Å²) in [4.78, 5) is 17.7. The first kappa shape index (κ1) is 13.4. The van der Waals surface area contributed by atoms with Crippen LogP contribution in [0.2, 0.25) is 5.15 Å². The van der Waals surface area contributed by atoms with Gasteiger partial charge in [0, 0.05) is 18.9 Å². The van der Waals surface area contributed by atoms with Gasteiger partial charge < -0.3 is 9.64 Å². The number of methoxy groups -OCH3 is 1. The minimum absolute atomic E-state index is 0.144. The van der Waals surface area contributed by atoms with Crippen LogP contribution >= 0.6 is 11.6 Å². The van der Waals surface area contributed by atoms with E-state index in [-0.39, 0.29) is 5.91 Å². The Morgan fingerprint density at radius 3 is 2.42 bits per heavy atom. The number of rotatable bonds is 3. The molecule has 0 radical (unpaired) electrons. The molecule has 1 aromatic carbocycles. The molecule has 0 aliphatic heterocycles. The topological polar surface area (TPSA) is 42.4 Å². The van der Waals surface area contributed by atoms with Crippen molar-refractivity contribution < 1.29 is 9.53 Å². The zero-order valence-electron chi connectivity index (χ0n) is 10.6.